The van der Waals surface area contributed by atoms with Gasteiger partial charge in [0.05, 0.1) is 5.39 Å². The second kappa shape index (κ2) is 7.35. The van der Waals surface area contributed by atoms with Gasteiger partial charge in [-0.3, -0.25) is 19.6 Å². The van der Waals surface area contributed by atoms with Crippen LogP contribution in [0.25, 0.3) is 22.4 Å². The smallest absolute Gasteiger partial charge is 0.327 e. The summed E-state index contributed by atoms with van der Waals surface area (Å²) >= 11 is 0. The van der Waals surface area contributed by atoms with Gasteiger partial charge in [0.25, 0.3) is 11.5 Å². The first-order valence-corrected chi connectivity index (χ1v) is 10.1. The van der Waals surface area contributed by atoms with Gasteiger partial charge in [0.1, 0.15) is 17.2 Å². The van der Waals surface area contributed by atoms with Crippen LogP contribution in [-0.2, 0) is 13.0 Å². The number of anilines is 1. The number of imidazole rings is 1. The summed E-state index contributed by atoms with van der Waals surface area (Å²) in [6.45, 7) is 2.63. The average Bonchev–Trinajstić information content (AvgIpc) is 3.17. The molecule has 0 atom stereocenters. The van der Waals surface area contributed by atoms with E-state index >= 15 is 0 Å². The van der Waals surface area contributed by atoms with Crippen molar-refractivity contribution < 1.29 is 4.79 Å². The first-order valence-electron chi connectivity index (χ1n) is 10.1. The van der Waals surface area contributed by atoms with Crippen molar-refractivity contribution in [1.82, 2.24) is 24.5 Å². The first kappa shape index (κ1) is 19.0. The number of pyridine rings is 1. The molecule has 0 saturated carbocycles. The van der Waals surface area contributed by atoms with E-state index in [-0.39, 0.29) is 16.7 Å². The zero-order chi connectivity index (χ0) is 21.5. The Labute approximate surface area is 176 Å². The maximum Gasteiger partial charge on any atom is 0.327 e. The molecule has 3 aromatic heterocycles. The fourth-order valence-electron chi connectivity index (χ4n) is 4.07. The number of aromatic nitrogens is 5. The van der Waals surface area contributed by atoms with E-state index in [0.29, 0.717) is 11.3 Å². The molecule has 31 heavy (non-hydrogen) atoms. The molecule has 1 amide bonds. The molecule has 156 valence electrons. The SMILES string of the molecule is Cc1cc(C(=O)Nc2cccc(-c3ncc4n3CCCC4)c2)nc2[nH]c(=O)[nH]c(=O)c12. The Bertz CT molecular complexity index is 1450. The molecular weight excluding hydrogens is 396 g/mol. The fraction of sp³-hybridized carbons (Fsp3) is 0.227. The summed E-state index contributed by atoms with van der Waals surface area (Å²) in [7, 11) is 0. The van der Waals surface area contributed by atoms with Crippen LogP contribution >= 0.6 is 0 Å². The van der Waals surface area contributed by atoms with Crippen molar-refractivity contribution in [2.45, 2.75) is 32.7 Å². The maximum atomic E-state index is 12.8. The van der Waals surface area contributed by atoms with Crippen LogP contribution in [0.1, 0.15) is 34.6 Å². The van der Waals surface area contributed by atoms with Crippen molar-refractivity contribution in [3.63, 3.8) is 0 Å². The number of nitrogens with one attached hydrogen (secondary N) is 3. The number of H-pyrrole nitrogens is 2. The summed E-state index contributed by atoms with van der Waals surface area (Å²) in [5, 5.41) is 3.10. The molecule has 0 bridgehead atoms. The molecule has 5 rings (SSSR count). The molecule has 4 heterocycles. The van der Waals surface area contributed by atoms with Gasteiger partial charge in [-0.05, 0) is 49.9 Å². The van der Waals surface area contributed by atoms with Gasteiger partial charge in [0.15, 0.2) is 0 Å². The highest BCUT2D eigenvalue weighted by Gasteiger charge is 2.17. The Morgan fingerprint density at radius 3 is 2.90 bits per heavy atom. The lowest BCUT2D eigenvalue weighted by Crippen LogP contribution is -2.24. The van der Waals surface area contributed by atoms with Gasteiger partial charge in [-0.15, -0.1) is 0 Å². The lowest BCUT2D eigenvalue weighted by Gasteiger charge is -2.17. The third-order valence-corrected chi connectivity index (χ3v) is 5.52. The predicted molar refractivity (Wildman–Crippen MR) is 116 cm³/mol. The molecule has 9 nitrogen and oxygen atoms in total. The van der Waals surface area contributed by atoms with Gasteiger partial charge in [0, 0.05) is 29.7 Å². The van der Waals surface area contributed by atoms with E-state index in [0.717, 1.165) is 30.8 Å². The molecule has 0 spiro atoms. The van der Waals surface area contributed by atoms with Gasteiger partial charge in [0.2, 0.25) is 0 Å². The number of aromatic amines is 2. The van der Waals surface area contributed by atoms with Crippen LogP contribution in [0.3, 0.4) is 0 Å². The summed E-state index contributed by atoms with van der Waals surface area (Å²) in [6, 6.07) is 9.03. The van der Waals surface area contributed by atoms with E-state index in [1.54, 1.807) is 13.0 Å². The first-order chi connectivity index (χ1) is 15.0. The third-order valence-electron chi connectivity index (χ3n) is 5.52. The van der Waals surface area contributed by atoms with Crippen LogP contribution in [0.4, 0.5) is 5.69 Å². The Kier molecular flexibility index (Phi) is 4.50. The van der Waals surface area contributed by atoms with E-state index in [9.17, 15) is 14.4 Å². The summed E-state index contributed by atoms with van der Waals surface area (Å²) < 4.78 is 2.23. The molecule has 1 aliphatic rings. The van der Waals surface area contributed by atoms with Crippen LogP contribution in [0.5, 0.6) is 0 Å². The Morgan fingerprint density at radius 1 is 1.16 bits per heavy atom. The minimum absolute atomic E-state index is 0.0802. The summed E-state index contributed by atoms with van der Waals surface area (Å²) in [6.07, 6.45) is 5.26. The standard InChI is InChI=1S/C22H20N6O3/c1-12-9-16(25-18-17(12)21(30)27-22(31)26-18)20(29)24-14-6-4-5-13(10-14)19-23-11-15-7-2-3-8-28(15)19/h4-6,9-11H,2-3,7-8H2,1H3,(H,24,29)(H2,25,26,27,30,31). The van der Waals surface area contributed by atoms with E-state index in [1.165, 1.54) is 18.2 Å². The van der Waals surface area contributed by atoms with Crippen LogP contribution in [0.15, 0.2) is 46.1 Å². The number of aryl methyl sites for hydroxylation is 2. The number of amides is 1. The molecular formula is C22H20N6O3. The highest BCUT2D eigenvalue weighted by atomic mass is 16.2. The predicted octanol–water partition coefficient (Wildman–Crippen LogP) is 2.37. The van der Waals surface area contributed by atoms with Gasteiger partial charge < -0.3 is 9.88 Å². The number of carbonyl (C=O) groups excluding carboxylic acids is 1. The van der Waals surface area contributed by atoms with Crippen molar-refractivity contribution in [1.29, 1.82) is 0 Å². The monoisotopic (exact) mass is 416 g/mol. The second-order valence-electron chi connectivity index (χ2n) is 7.67. The molecule has 3 N–H and O–H groups in total. The van der Waals surface area contributed by atoms with Crippen LogP contribution in [-0.4, -0.2) is 30.4 Å². The van der Waals surface area contributed by atoms with Crippen LogP contribution in [0.2, 0.25) is 0 Å². The molecule has 0 unspecified atom stereocenters. The van der Waals surface area contributed by atoms with Crippen LogP contribution < -0.4 is 16.6 Å². The summed E-state index contributed by atoms with van der Waals surface area (Å²) in [5.74, 6) is 0.454. The minimum Gasteiger partial charge on any atom is -0.328 e. The van der Waals surface area contributed by atoms with Crippen molar-refractivity contribution in [3.8, 4) is 11.4 Å². The van der Waals surface area contributed by atoms with Gasteiger partial charge in [-0.25, -0.2) is 14.8 Å². The Morgan fingerprint density at radius 2 is 2.03 bits per heavy atom. The normalized spacial score (nSPS) is 13.2. The van der Waals surface area contributed by atoms with Crippen molar-refractivity contribution >= 4 is 22.6 Å². The van der Waals surface area contributed by atoms with E-state index < -0.39 is 17.2 Å². The topological polar surface area (TPSA) is 126 Å². The number of hydrogen-bond donors (Lipinski definition) is 3. The maximum absolute atomic E-state index is 12.8. The van der Waals surface area contributed by atoms with E-state index in [1.807, 2.05) is 24.4 Å². The lowest BCUT2D eigenvalue weighted by atomic mass is 10.1. The summed E-state index contributed by atoms with van der Waals surface area (Å²) in [5.41, 5.74) is 2.29. The average molecular weight is 416 g/mol. The summed E-state index contributed by atoms with van der Waals surface area (Å²) in [4.78, 5) is 49.8. The van der Waals surface area contributed by atoms with E-state index in [2.05, 4.69) is 29.8 Å². The Balaban J connectivity index is 1.46. The second-order valence-corrected chi connectivity index (χ2v) is 7.67. The number of fused-ring (bicyclic) bond motifs is 2. The van der Waals surface area contributed by atoms with E-state index in [4.69, 9.17) is 0 Å². The zero-order valence-corrected chi connectivity index (χ0v) is 16.9. The third kappa shape index (κ3) is 3.43. The van der Waals surface area contributed by atoms with Crippen molar-refractivity contribution in [3.05, 3.63) is 74.3 Å². The fourth-order valence-corrected chi connectivity index (χ4v) is 4.07. The molecule has 4 aromatic rings. The number of carbonyl (C=O) groups is 1. The number of rotatable bonds is 3. The van der Waals surface area contributed by atoms with Gasteiger partial charge in [-0.2, -0.15) is 0 Å². The molecule has 0 fully saturated rings. The highest BCUT2D eigenvalue weighted by molar-refractivity contribution is 6.04. The molecule has 0 saturated heterocycles. The molecule has 0 aliphatic carbocycles. The van der Waals surface area contributed by atoms with Crippen LogP contribution in [0, 0.1) is 6.92 Å². The largest absolute Gasteiger partial charge is 0.328 e. The Hall–Kier alpha value is -4.01. The number of nitrogens with zero attached hydrogens (tertiary/aromatic N) is 3. The lowest BCUT2D eigenvalue weighted by molar-refractivity contribution is 0.102. The molecule has 0 radical (unpaired) electrons. The van der Waals surface area contributed by atoms with Gasteiger partial charge in [-0.1, -0.05) is 12.1 Å². The molecule has 1 aliphatic heterocycles. The zero-order valence-electron chi connectivity index (χ0n) is 16.9. The quantitative estimate of drug-likeness (QED) is 0.473. The minimum atomic E-state index is -0.669. The molecule has 9 heteroatoms. The van der Waals surface area contributed by atoms with Gasteiger partial charge >= 0.3 is 5.69 Å². The highest BCUT2D eigenvalue weighted by Crippen LogP contribution is 2.26. The number of benzene rings is 1. The van der Waals surface area contributed by atoms with Crippen molar-refractivity contribution in [2.75, 3.05) is 5.32 Å². The molecule has 1 aromatic carbocycles. The van der Waals surface area contributed by atoms with Crippen molar-refractivity contribution in [2.24, 2.45) is 0 Å². The number of hydrogen-bond acceptors (Lipinski definition) is 5.